The van der Waals surface area contributed by atoms with Crippen molar-refractivity contribution in [3.8, 4) is 0 Å². The average molecular weight is 104 g/mol. The van der Waals surface area contributed by atoms with Gasteiger partial charge in [0.05, 0.1) is 8.81 Å². The number of carbonyl (C=O) groups is 1. The van der Waals surface area contributed by atoms with Gasteiger partial charge in [0.2, 0.25) is 0 Å². The minimum absolute atomic E-state index is 0.310. The van der Waals surface area contributed by atoms with Gasteiger partial charge in [-0.25, -0.2) is 0 Å². The Morgan fingerprint density at radius 3 is 2.50 bits per heavy atom. The van der Waals surface area contributed by atoms with Gasteiger partial charge in [-0.2, -0.15) is 0 Å². The molecule has 0 saturated carbocycles. The van der Waals surface area contributed by atoms with Crippen LogP contribution >= 0.6 is 8.81 Å². The number of allylic oxidation sites excluding steroid dienone is 1. The quantitative estimate of drug-likeness (QED) is 0.403. The molecule has 0 fully saturated rings. The van der Waals surface area contributed by atoms with Gasteiger partial charge >= 0.3 is 0 Å². The predicted molar refractivity (Wildman–Crippen MR) is 25.7 cm³/mol. The Hall–Kier alpha value is -0.200. The Bertz CT molecular complexity index is 69.2. The van der Waals surface area contributed by atoms with Crippen LogP contribution in [0.3, 0.4) is 0 Å². The third kappa shape index (κ3) is 2.06. The minimum atomic E-state index is -0.625. The summed E-state index contributed by atoms with van der Waals surface area (Å²) in [6, 6.07) is 0. The number of hydrogen-bond acceptors (Lipinski definition) is 2. The van der Waals surface area contributed by atoms with Crippen LogP contribution in [0, 0.1) is 0 Å². The first-order valence-corrected chi connectivity index (χ1v) is 2.32. The highest BCUT2D eigenvalue weighted by Crippen LogP contribution is 2.01. The summed E-state index contributed by atoms with van der Waals surface area (Å²) >= 11 is 0. The molecule has 0 aromatic rings. The van der Waals surface area contributed by atoms with Gasteiger partial charge in [0.15, 0.2) is 5.52 Å². The third-order valence-electron chi connectivity index (χ3n) is 0.296. The van der Waals surface area contributed by atoms with Crippen LogP contribution in [0.4, 0.5) is 0 Å². The monoisotopic (exact) mass is 104 g/mol. The maximum atomic E-state index is 9.82. The Balaban J connectivity index is 3.23. The maximum absolute atomic E-state index is 9.82. The summed E-state index contributed by atoms with van der Waals surface area (Å²) in [4.78, 5) is 17.8. The summed E-state index contributed by atoms with van der Waals surface area (Å²) in [5.41, 5.74) is -0.310. The second-order valence-corrected chi connectivity index (χ2v) is 1.40. The number of carbonyl (C=O) groups excluding carboxylic acids is 1. The molecule has 0 radical (unpaired) electrons. The van der Waals surface area contributed by atoms with E-state index in [9.17, 15) is 4.79 Å². The molecule has 1 unspecified atom stereocenters. The van der Waals surface area contributed by atoms with E-state index in [1.54, 1.807) is 0 Å². The summed E-state index contributed by atoms with van der Waals surface area (Å²) in [7, 11) is -0.625. The predicted octanol–water partition coefficient (Wildman–Crippen LogP) is 0.285. The van der Waals surface area contributed by atoms with Gasteiger partial charge in [0, 0.05) is 0 Å². The molecule has 0 heterocycles. The first-order valence-electron chi connectivity index (χ1n) is 1.37. The minimum Gasteiger partial charge on any atom is -0.369 e. The Morgan fingerprint density at radius 1 is 2.00 bits per heavy atom. The Labute approximate surface area is 37.7 Å². The summed E-state index contributed by atoms with van der Waals surface area (Å²) in [6.45, 7) is 3.13. The first-order chi connectivity index (χ1) is 2.81. The SMILES string of the molecule is C=CC(=O)PO. The van der Waals surface area contributed by atoms with E-state index < -0.39 is 8.81 Å². The Kier molecular flexibility index (Phi) is 2.91. The van der Waals surface area contributed by atoms with Crippen LogP contribution in [-0.4, -0.2) is 10.4 Å². The van der Waals surface area contributed by atoms with Gasteiger partial charge < -0.3 is 4.89 Å². The average Bonchev–Trinajstić information content (AvgIpc) is 1.65. The molecule has 34 valence electrons. The molecule has 1 N–H and O–H groups in total. The van der Waals surface area contributed by atoms with E-state index in [0.717, 1.165) is 6.08 Å². The van der Waals surface area contributed by atoms with Crippen LogP contribution in [0.2, 0.25) is 0 Å². The molecule has 0 rings (SSSR count). The zero-order valence-electron chi connectivity index (χ0n) is 3.14. The van der Waals surface area contributed by atoms with Crippen LogP contribution in [-0.2, 0) is 4.79 Å². The van der Waals surface area contributed by atoms with Crippen molar-refractivity contribution < 1.29 is 9.69 Å². The molecule has 0 bridgehead atoms. The number of rotatable bonds is 2. The van der Waals surface area contributed by atoms with Gasteiger partial charge in [-0.3, -0.25) is 4.79 Å². The third-order valence-corrected chi connectivity index (χ3v) is 0.720. The molecular weight excluding hydrogens is 99.0 g/mol. The van der Waals surface area contributed by atoms with Crippen LogP contribution in [0.1, 0.15) is 0 Å². The lowest BCUT2D eigenvalue weighted by Crippen LogP contribution is -1.73. The molecule has 0 aromatic carbocycles. The smallest absolute Gasteiger partial charge is 0.200 e. The van der Waals surface area contributed by atoms with Crippen molar-refractivity contribution in [2.24, 2.45) is 0 Å². The van der Waals surface area contributed by atoms with E-state index in [2.05, 4.69) is 6.58 Å². The van der Waals surface area contributed by atoms with Gasteiger partial charge in [0.25, 0.3) is 0 Å². The van der Waals surface area contributed by atoms with Crippen molar-refractivity contribution in [1.82, 2.24) is 0 Å². The summed E-state index contributed by atoms with van der Waals surface area (Å²) in [5.74, 6) is 0. The highest BCUT2D eigenvalue weighted by molar-refractivity contribution is 7.53. The van der Waals surface area contributed by atoms with Crippen molar-refractivity contribution in [2.75, 3.05) is 0 Å². The zero-order valence-corrected chi connectivity index (χ0v) is 4.14. The topological polar surface area (TPSA) is 37.3 Å². The van der Waals surface area contributed by atoms with Crippen LogP contribution in [0.15, 0.2) is 12.7 Å². The highest BCUT2D eigenvalue weighted by Gasteiger charge is 1.84. The molecule has 6 heavy (non-hydrogen) atoms. The fourth-order valence-corrected chi connectivity index (χ4v) is 0.137. The highest BCUT2D eigenvalue weighted by atomic mass is 31.1. The molecule has 3 heteroatoms. The molecule has 0 aromatic heterocycles. The molecule has 0 saturated heterocycles. The van der Waals surface area contributed by atoms with E-state index in [0.29, 0.717) is 0 Å². The van der Waals surface area contributed by atoms with E-state index in [4.69, 9.17) is 4.89 Å². The van der Waals surface area contributed by atoms with E-state index in [1.807, 2.05) is 0 Å². The van der Waals surface area contributed by atoms with Gasteiger partial charge in [-0.1, -0.05) is 6.58 Å². The van der Waals surface area contributed by atoms with Crippen molar-refractivity contribution >= 4 is 14.3 Å². The van der Waals surface area contributed by atoms with Crippen molar-refractivity contribution in [2.45, 2.75) is 0 Å². The molecule has 0 aliphatic rings. The first kappa shape index (κ1) is 5.80. The van der Waals surface area contributed by atoms with E-state index in [-0.39, 0.29) is 5.52 Å². The molecule has 0 aliphatic carbocycles. The number of hydrogen-bond donors (Lipinski definition) is 1. The zero-order chi connectivity index (χ0) is 4.99. The second kappa shape index (κ2) is 3.01. The lowest BCUT2D eigenvalue weighted by Gasteiger charge is -1.75. The van der Waals surface area contributed by atoms with Crippen molar-refractivity contribution in [1.29, 1.82) is 0 Å². The molecular formula is C3H5O2P. The maximum Gasteiger partial charge on any atom is 0.200 e. The molecule has 2 nitrogen and oxygen atoms in total. The fraction of sp³-hybridized carbons (Fsp3) is 0. The van der Waals surface area contributed by atoms with Crippen molar-refractivity contribution in [3.05, 3.63) is 12.7 Å². The molecule has 1 atom stereocenters. The standard InChI is InChI=1S/C3H5O2P/c1-2-3(4)6-5/h2,5-6H,1H2. The van der Waals surface area contributed by atoms with Crippen LogP contribution < -0.4 is 0 Å². The van der Waals surface area contributed by atoms with Gasteiger partial charge in [-0.05, 0) is 6.08 Å². The second-order valence-electron chi connectivity index (χ2n) is 0.680. The van der Waals surface area contributed by atoms with Crippen LogP contribution in [0.25, 0.3) is 0 Å². The molecule has 0 spiro atoms. The largest absolute Gasteiger partial charge is 0.369 e. The lowest BCUT2D eigenvalue weighted by atomic mass is 10.7. The molecule has 0 aliphatic heterocycles. The van der Waals surface area contributed by atoms with Crippen molar-refractivity contribution in [3.63, 3.8) is 0 Å². The summed E-state index contributed by atoms with van der Waals surface area (Å²) in [5, 5.41) is 0. The Morgan fingerprint density at radius 2 is 2.50 bits per heavy atom. The van der Waals surface area contributed by atoms with Gasteiger partial charge in [-0.15, -0.1) is 0 Å². The summed E-state index contributed by atoms with van der Waals surface area (Å²) < 4.78 is 0. The normalized spacial score (nSPS) is 9.50. The fourth-order valence-electron chi connectivity index (χ4n) is 0.0456. The van der Waals surface area contributed by atoms with Gasteiger partial charge in [0.1, 0.15) is 0 Å². The van der Waals surface area contributed by atoms with Crippen LogP contribution in [0.5, 0.6) is 0 Å². The summed E-state index contributed by atoms with van der Waals surface area (Å²) in [6.07, 6.45) is 1.10. The van der Waals surface area contributed by atoms with E-state index >= 15 is 0 Å². The molecule has 0 amide bonds. The lowest BCUT2D eigenvalue weighted by molar-refractivity contribution is -0.107. The van der Waals surface area contributed by atoms with E-state index in [1.165, 1.54) is 0 Å².